The molecular weight excluding hydrogens is 512 g/mol. The summed E-state index contributed by atoms with van der Waals surface area (Å²) in [5, 5.41) is 0. The molecule has 0 bridgehead atoms. The van der Waals surface area contributed by atoms with E-state index in [0.717, 1.165) is 47.7 Å². The maximum Gasteiger partial charge on any atom is 0.270 e. The molecule has 4 heteroatoms. The Hall–Kier alpha value is -3.14. The molecule has 1 fully saturated rings. The van der Waals surface area contributed by atoms with Crippen LogP contribution in [0.3, 0.4) is 0 Å². The Morgan fingerprint density at radius 1 is 1.05 bits per heavy atom. The van der Waals surface area contributed by atoms with E-state index in [1.807, 2.05) is 26.8 Å². The van der Waals surface area contributed by atoms with Gasteiger partial charge in [-0.05, 0) is 79.4 Å². The Balaban J connectivity index is 1.58. The number of carbonyl (C=O) groups is 1. The van der Waals surface area contributed by atoms with Gasteiger partial charge in [-0.25, -0.2) is 8.78 Å². The van der Waals surface area contributed by atoms with Crippen LogP contribution >= 0.6 is 0 Å². The summed E-state index contributed by atoms with van der Waals surface area (Å²) in [7, 11) is 0. The van der Waals surface area contributed by atoms with Crippen molar-refractivity contribution in [3.05, 3.63) is 101 Å². The van der Waals surface area contributed by atoms with Gasteiger partial charge in [-0.1, -0.05) is 100 Å². The first kappa shape index (κ1) is 32.4. The second-order valence-electron chi connectivity index (χ2n) is 12.2. The lowest BCUT2D eigenvalue weighted by atomic mass is 9.89. The summed E-state index contributed by atoms with van der Waals surface area (Å²) in [5.74, 6) is -1.72. The predicted molar refractivity (Wildman–Crippen MR) is 169 cm³/mol. The summed E-state index contributed by atoms with van der Waals surface area (Å²) < 4.78 is 28.1. The quantitative estimate of drug-likeness (QED) is 0.110. The molecule has 0 heterocycles. The molecule has 1 saturated carbocycles. The molecule has 0 aromatic heterocycles. The van der Waals surface area contributed by atoms with E-state index >= 15 is 0 Å². The number of ketones is 1. The van der Waals surface area contributed by atoms with E-state index in [2.05, 4.69) is 37.8 Å². The van der Waals surface area contributed by atoms with Crippen LogP contribution in [0.25, 0.3) is 0 Å². The number of benzene rings is 2. The lowest BCUT2D eigenvalue weighted by Gasteiger charge is -2.19. The fourth-order valence-electron chi connectivity index (χ4n) is 5.71. The van der Waals surface area contributed by atoms with E-state index in [0.29, 0.717) is 12.0 Å². The van der Waals surface area contributed by atoms with Crippen LogP contribution in [0.15, 0.2) is 89.5 Å². The maximum atomic E-state index is 14.0. The first-order valence-electron chi connectivity index (χ1n) is 15.1. The van der Waals surface area contributed by atoms with Crippen molar-refractivity contribution in [3.63, 3.8) is 0 Å². The average Bonchev–Trinajstić information content (AvgIpc) is 3.12. The minimum atomic E-state index is -2.95. The molecule has 1 aliphatic carbocycles. The summed E-state index contributed by atoms with van der Waals surface area (Å²) in [6, 6.07) is 15.1. The molecule has 1 aliphatic rings. The van der Waals surface area contributed by atoms with E-state index in [-0.39, 0.29) is 23.7 Å². The van der Waals surface area contributed by atoms with Crippen LogP contribution < -0.4 is 0 Å². The molecule has 0 spiro atoms. The number of allylic oxidation sites excluding steroid dienone is 5. The summed E-state index contributed by atoms with van der Waals surface area (Å²) in [5.41, 5.74) is 5.52. The van der Waals surface area contributed by atoms with Crippen molar-refractivity contribution in [2.24, 2.45) is 16.8 Å². The van der Waals surface area contributed by atoms with Gasteiger partial charge < -0.3 is 0 Å². The number of alkyl halides is 2. The summed E-state index contributed by atoms with van der Waals surface area (Å²) in [6.07, 6.45) is 14.0. The SMILES string of the molecule is C=C(C)C(/C=C\C(=O)CC(C)c1ccccc1C(C)(F)F)=C\CC(C)=Nc1ccc(CC2CCCC(C)CC2)cc1. The van der Waals surface area contributed by atoms with E-state index in [9.17, 15) is 13.6 Å². The van der Waals surface area contributed by atoms with Crippen LogP contribution in [0.1, 0.15) is 102 Å². The molecule has 0 amide bonds. The Morgan fingerprint density at radius 2 is 1.76 bits per heavy atom. The standard InChI is InChI=1S/C37H47F2NO/c1-26(2)32(20-23-34(41)24-28(4)35-12-7-8-13-36(35)37(6,38)39)19-15-29(5)40-33-21-17-31(18-22-33)25-30-11-9-10-27(3)14-16-30/h7-8,12-13,17-23,27-28,30H,1,9-11,14-16,24-25H2,2-6H3/b23-20-,32-19-,40-29?. The number of carbonyl (C=O) groups excluding carboxylic acids is 1. The average molecular weight is 560 g/mol. The number of hydrogen-bond donors (Lipinski definition) is 0. The Labute approximate surface area is 246 Å². The number of halogens is 2. The summed E-state index contributed by atoms with van der Waals surface area (Å²) >= 11 is 0. The van der Waals surface area contributed by atoms with Crippen molar-refractivity contribution in [2.45, 2.75) is 97.8 Å². The second-order valence-corrected chi connectivity index (χ2v) is 12.2. The third-order valence-electron chi connectivity index (χ3n) is 8.19. The maximum absolute atomic E-state index is 14.0. The normalized spacial score (nSPS) is 19.7. The van der Waals surface area contributed by atoms with Crippen molar-refractivity contribution >= 4 is 17.2 Å². The highest BCUT2D eigenvalue weighted by atomic mass is 19.3. The molecule has 41 heavy (non-hydrogen) atoms. The Kier molecular flexibility index (Phi) is 12.0. The van der Waals surface area contributed by atoms with Crippen LogP contribution in [0.5, 0.6) is 0 Å². The third-order valence-corrected chi connectivity index (χ3v) is 8.19. The van der Waals surface area contributed by atoms with Gasteiger partial charge in [0.15, 0.2) is 5.78 Å². The second kappa shape index (κ2) is 15.2. The number of aliphatic imine (C=N–C) groups is 1. The molecule has 2 nitrogen and oxygen atoms in total. The van der Waals surface area contributed by atoms with Crippen LogP contribution in [0.4, 0.5) is 14.5 Å². The summed E-state index contributed by atoms with van der Waals surface area (Å²) in [6.45, 7) is 13.1. The van der Waals surface area contributed by atoms with Gasteiger partial charge in [-0.15, -0.1) is 0 Å². The number of nitrogens with zero attached hydrogens (tertiary/aromatic N) is 1. The van der Waals surface area contributed by atoms with Crippen LogP contribution in [-0.4, -0.2) is 11.5 Å². The molecule has 3 rings (SSSR count). The highest BCUT2D eigenvalue weighted by Crippen LogP contribution is 2.35. The van der Waals surface area contributed by atoms with Crippen molar-refractivity contribution < 1.29 is 13.6 Å². The van der Waals surface area contributed by atoms with Crippen molar-refractivity contribution in [3.8, 4) is 0 Å². The topological polar surface area (TPSA) is 29.4 Å². The first-order valence-corrected chi connectivity index (χ1v) is 15.1. The predicted octanol–water partition coefficient (Wildman–Crippen LogP) is 10.9. The zero-order chi connectivity index (χ0) is 30.0. The van der Waals surface area contributed by atoms with E-state index in [4.69, 9.17) is 4.99 Å². The Morgan fingerprint density at radius 3 is 2.44 bits per heavy atom. The lowest BCUT2D eigenvalue weighted by molar-refractivity contribution is -0.114. The molecule has 2 aromatic rings. The molecule has 220 valence electrons. The molecule has 0 radical (unpaired) electrons. The van der Waals surface area contributed by atoms with Gasteiger partial charge in [-0.3, -0.25) is 9.79 Å². The van der Waals surface area contributed by atoms with Crippen molar-refractivity contribution in [1.29, 1.82) is 0 Å². The molecule has 0 aliphatic heterocycles. The molecule has 0 saturated heterocycles. The minimum absolute atomic E-state index is 0.0227. The van der Waals surface area contributed by atoms with Gasteiger partial charge >= 0.3 is 0 Å². The molecule has 3 unspecified atom stereocenters. The van der Waals surface area contributed by atoms with Gasteiger partial charge in [0.1, 0.15) is 0 Å². The number of rotatable bonds is 12. The molecular formula is C37H47F2NO. The third kappa shape index (κ3) is 10.6. The largest absolute Gasteiger partial charge is 0.295 e. The monoisotopic (exact) mass is 559 g/mol. The fourth-order valence-corrected chi connectivity index (χ4v) is 5.71. The number of hydrogen-bond acceptors (Lipinski definition) is 2. The van der Waals surface area contributed by atoms with Crippen LogP contribution in [0, 0.1) is 11.8 Å². The van der Waals surface area contributed by atoms with Gasteiger partial charge in [0.2, 0.25) is 0 Å². The minimum Gasteiger partial charge on any atom is -0.295 e. The van der Waals surface area contributed by atoms with E-state index < -0.39 is 5.92 Å². The zero-order valence-electron chi connectivity index (χ0n) is 25.6. The first-order chi connectivity index (χ1) is 19.4. The smallest absolute Gasteiger partial charge is 0.270 e. The van der Waals surface area contributed by atoms with Gasteiger partial charge in [-0.2, -0.15) is 0 Å². The van der Waals surface area contributed by atoms with Gasteiger partial charge in [0.05, 0.1) is 5.69 Å². The molecule has 2 aromatic carbocycles. The van der Waals surface area contributed by atoms with E-state index in [1.54, 1.807) is 24.3 Å². The van der Waals surface area contributed by atoms with Crippen molar-refractivity contribution in [2.75, 3.05) is 0 Å². The van der Waals surface area contributed by atoms with Crippen LogP contribution in [-0.2, 0) is 17.1 Å². The van der Waals surface area contributed by atoms with E-state index in [1.165, 1.54) is 49.8 Å². The highest BCUT2D eigenvalue weighted by Gasteiger charge is 2.29. The zero-order valence-corrected chi connectivity index (χ0v) is 25.6. The molecule has 3 atom stereocenters. The van der Waals surface area contributed by atoms with Crippen molar-refractivity contribution in [1.82, 2.24) is 0 Å². The Bertz CT molecular complexity index is 1260. The highest BCUT2D eigenvalue weighted by molar-refractivity contribution is 5.91. The molecule has 0 N–H and O–H groups in total. The fraction of sp³-hybridized carbons (Fsp3) is 0.459. The summed E-state index contributed by atoms with van der Waals surface area (Å²) in [4.78, 5) is 17.5. The van der Waals surface area contributed by atoms with Gasteiger partial charge in [0.25, 0.3) is 5.92 Å². The lowest BCUT2D eigenvalue weighted by Crippen LogP contribution is -2.13. The van der Waals surface area contributed by atoms with Crippen LogP contribution in [0.2, 0.25) is 0 Å². The van der Waals surface area contributed by atoms with Gasteiger partial charge in [0, 0.05) is 31.0 Å².